The van der Waals surface area contributed by atoms with E-state index < -0.39 is 0 Å². The average Bonchev–Trinajstić information content (AvgIpc) is 3.03. The Balaban J connectivity index is 1.36. The number of aromatic nitrogens is 4. The molecule has 148 valence electrons. The Hall–Kier alpha value is -2.77. The van der Waals surface area contributed by atoms with E-state index in [1.54, 1.807) is 24.7 Å². The van der Waals surface area contributed by atoms with Crippen molar-refractivity contribution >= 4 is 17.8 Å². The van der Waals surface area contributed by atoms with E-state index in [4.69, 9.17) is 0 Å². The molecule has 2 aromatic rings. The van der Waals surface area contributed by atoms with Crippen molar-refractivity contribution in [1.29, 1.82) is 0 Å². The number of anilines is 2. The van der Waals surface area contributed by atoms with Crippen molar-refractivity contribution in [2.75, 3.05) is 36.0 Å². The first kappa shape index (κ1) is 18.6. The summed E-state index contributed by atoms with van der Waals surface area (Å²) in [5.41, 5.74) is 0.447. The maximum absolute atomic E-state index is 12.7. The Morgan fingerprint density at radius 1 is 0.857 bits per heavy atom. The first-order valence-corrected chi connectivity index (χ1v) is 10.2. The van der Waals surface area contributed by atoms with Crippen LogP contribution < -0.4 is 15.1 Å². The lowest BCUT2D eigenvalue weighted by molar-refractivity contribution is 0.0928. The molecule has 0 radical (unpaired) electrons. The van der Waals surface area contributed by atoms with Crippen molar-refractivity contribution in [2.45, 2.75) is 44.6 Å². The highest BCUT2D eigenvalue weighted by molar-refractivity contribution is 5.92. The third-order valence-electron chi connectivity index (χ3n) is 5.46. The second-order valence-electron chi connectivity index (χ2n) is 7.43. The summed E-state index contributed by atoms with van der Waals surface area (Å²) in [6.07, 6.45) is 12.2. The van der Waals surface area contributed by atoms with Gasteiger partial charge in [0.05, 0.1) is 0 Å². The third-order valence-corrected chi connectivity index (χ3v) is 5.46. The number of hydrogen-bond acceptors (Lipinski definition) is 7. The van der Waals surface area contributed by atoms with Crippen LogP contribution in [-0.2, 0) is 0 Å². The van der Waals surface area contributed by atoms with Crippen molar-refractivity contribution in [3.63, 3.8) is 0 Å². The van der Waals surface area contributed by atoms with Crippen molar-refractivity contribution in [2.24, 2.45) is 0 Å². The van der Waals surface area contributed by atoms with Crippen LogP contribution in [0, 0.1) is 0 Å². The van der Waals surface area contributed by atoms with Crippen LogP contribution >= 0.6 is 0 Å². The maximum atomic E-state index is 12.7. The van der Waals surface area contributed by atoms with Gasteiger partial charge in [-0.05, 0) is 25.0 Å². The Bertz CT molecular complexity index is 769. The molecule has 1 N–H and O–H groups in total. The molecule has 8 heteroatoms. The van der Waals surface area contributed by atoms with Gasteiger partial charge in [0.1, 0.15) is 5.69 Å². The summed E-state index contributed by atoms with van der Waals surface area (Å²) in [6, 6.07) is 3.78. The highest BCUT2D eigenvalue weighted by Crippen LogP contribution is 2.18. The van der Waals surface area contributed by atoms with E-state index in [-0.39, 0.29) is 11.9 Å². The lowest BCUT2D eigenvalue weighted by Gasteiger charge is -2.34. The summed E-state index contributed by atoms with van der Waals surface area (Å²) >= 11 is 0. The van der Waals surface area contributed by atoms with Crippen LogP contribution in [0.5, 0.6) is 0 Å². The lowest BCUT2D eigenvalue weighted by atomic mass is 10.1. The molecule has 0 unspecified atom stereocenters. The largest absolute Gasteiger partial charge is 0.348 e. The Labute approximate surface area is 165 Å². The molecule has 0 spiro atoms. The molecule has 3 heterocycles. The van der Waals surface area contributed by atoms with Crippen molar-refractivity contribution in [3.05, 3.63) is 36.4 Å². The van der Waals surface area contributed by atoms with Gasteiger partial charge in [-0.25, -0.2) is 19.9 Å². The zero-order valence-corrected chi connectivity index (χ0v) is 16.1. The first-order valence-electron chi connectivity index (χ1n) is 10.2. The molecule has 1 amide bonds. The standard InChI is InChI=1S/C20H27N7O/c28-18(24-16-6-3-1-2-4-7-16)17-8-11-23-20(25-17)27-14-12-26(13-15-27)19-21-9-5-10-22-19/h5,8-11,16H,1-4,6-7,12-15H2,(H,24,28). The highest BCUT2D eigenvalue weighted by atomic mass is 16.1. The SMILES string of the molecule is O=C(NC1CCCCCC1)c1ccnc(N2CCN(c3ncccn3)CC2)n1. The van der Waals surface area contributed by atoms with E-state index in [0.29, 0.717) is 11.6 Å². The quantitative estimate of drug-likeness (QED) is 0.811. The summed E-state index contributed by atoms with van der Waals surface area (Å²) in [4.78, 5) is 34.5. The van der Waals surface area contributed by atoms with Gasteiger partial charge in [-0.1, -0.05) is 25.7 Å². The fraction of sp³-hybridized carbons (Fsp3) is 0.550. The molecule has 2 fully saturated rings. The maximum Gasteiger partial charge on any atom is 0.270 e. The summed E-state index contributed by atoms with van der Waals surface area (Å²) in [7, 11) is 0. The van der Waals surface area contributed by atoms with E-state index in [1.807, 2.05) is 6.07 Å². The summed E-state index contributed by atoms with van der Waals surface area (Å²) < 4.78 is 0. The number of nitrogens with zero attached hydrogens (tertiary/aromatic N) is 6. The summed E-state index contributed by atoms with van der Waals surface area (Å²) in [5.74, 6) is 1.27. The van der Waals surface area contributed by atoms with Crippen LogP contribution in [0.3, 0.4) is 0 Å². The molecule has 1 saturated carbocycles. The number of amides is 1. The molecule has 4 rings (SSSR count). The van der Waals surface area contributed by atoms with Gasteiger partial charge in [0.15, 0.2) is 0 Å². The molecule has 2 aromatic heterocycles. The van der Waals surface area contributed by atoms with Crippen LogP contribution in [0.2, 0.25) is 0 Å². The van der Waals surface area contributed by atoms with Crippen LogP contribution in [0.4, 0.5) is 11.9 Å². The van der Waals surface area contributed by atoms with Crippen LogP contribution in [0.15, 0.2) is 30.7 Å². The zero-order valence-electron chi connectivity index (χ0n) is 16.1. The van der Waals surface area contributed by atoms with E-state index in [0.717, 1.165) is 45.0 Å². The Morgan fingerprint density at radius 2 is 1.46 bits per heavy atom. The Kier molecular flexibility index (Phi) is 5.94. The van der Waals surface area contributed by atoms with Gasteiger partial charge in [0.25, 0.3) is 5.91 Å². The smallest absolute Gasteiger partial charge is 0.270 e. The van der Waals surface area contributed by atoms with E-state index >= 15 is 0 Å². The highest BCUT2D eigenvalue weighted by Gasteiger charge is 2.22. The van der Waals surface area contributed by atoms with Crippen molar-refractivity contribution in [3.8, 4) is 0 Å². The van der Waals surface area contributed by atoms with Crippen molar-refractivity contribution in [1.82, 2.24) is 25.3 Å². The summed E-state index contributed by atoms with van der Waals surface area (Å²) in [5, 5.41) is 3.16. The monoisotopic (exact) mass is 381 g/mol. The molecule has 0 aromatic carbocycles. The van der Waals surface area contributed by atoms with Crippen molar-refractivity contribution < 1.29 is 4.79 Å². The number of carbonyl (C=O) groups is 1. The predicted molar refractivity (Wildman–Crippen MR) is 107 cm³/mol. The van der Waals surface area contributed by atoms with Gasteiger partial charge in [-0.3, -0.25) is 4.79 Å². The van der Waals surface area contributed by atoms with Gasteiger partial charge < -0.3 is 15.1 Å². The topological polar surface area (TPSA) is 87.1 Å². The average molecular weight is 381 g/mol. The van der Waals surface area contributed by atoms with Gasteiger partial charge in [0, 0.05) is 50.8 Å². The number of piperazine rings is 1. The first-order chi connectivity index (χ1) is 13.8. The molecule has 1 aliphatic heterocycles. The van der Waals surface area contributed by atoms with Gasteiger partial charge in [0.2, 0.25) is 11.9 Å². The normalized spacial score (nSPS) is 18.6. The minimum Gasteiger partial charge on any atom is -0.348 e. The fourth-order valence-corrected chi connectivity index (χ4v) is 3.87. The van der Waals surface area contributed by atoms with Crippen LogP contribution in [0.1, 0.15) is 49.0 Å². The Morgan fingerprint density at radius 3 is 2.14 bits per heavy atom. The minimum atomic E-state index is -0.0909. The zero-order chi connectivity index (χ0) is 19.2. The number of carbonyl (C=O) groups excluding carboxylic acids is 1. The molecule has 0 bridgehead atoms. The number of rotatable bonds is 4. The van der Waals surface area contributed by atoms with Crippen LogP contribution in [-0.4, -0.2) is 58.1 Å². The van der Waals surface area contributed by atoms with E-state index in [2.05, 4.69) is 35.1 Å². The fourth-order valence-electron chi connectivity index (χ4n) is 3.87. The molecule has 8 nitrogen and oxygen atoms in total. The third kappa shape index (κ3) is 4.55. The van der Waals surface area contributed by atoms with E-state index in [9.17, 15) is 4.79 Å². The molecular weight excluding hydrogens is 354 g/mol. The minimum absolute atomic E-state index is 0.0909. The molecule has 1 aliphatic carbocycles. The number of hydrogen-bond donors (Lipinski definition) is 1. The predicted octanol–water partition coefficient (Wildman–Crippen LogP) is 2.05. The second-order valence-corrected chi connectivity index (χ2v) is 7.43. The van der Waals surface area contributed by atoms with E-state index in [1.165, 1.54) is 25.7 Å². The molecule has 28 heavy (non-hydrogen) atoms. The molecule has 0 atom stereocenters. The van der Waals surface area contributed by atoms with Gasteiger partial charge >= 0.3 is 0 Å². The molecule has 1 saturated heterocycles. The lowest BCUT2D eigenvalue weighted by Crippen LogP contribution is -2.47. The molecular formula is C20H27N7O. The second kappa shape index (κ2) is 8.95. The van der Waals surface area contributed by atoms with Gasteiger partial charge in [-0.15, -0.1) is 0 Å². The molecule has 2 aliphatic rings. The summed E-state index contributed by atoms with van der Waals surface area (Å²) in [6.45, 7) is 3.13. The number of nitrogens with one attached hydrogen (secondary N) is 1. The van der Waals surface area contributed by atoms with Crippen LogP contribution in [0.25, 0.3) is 0 Å². The van der Waals surface area contributed by atoms with Gasteiger partial charge in [-0.2, -0.15) is 0 Å².